The predicted octanol–water partition coefficient (Wildman–Crippen LogP) is 8.04. The quantitative estimate of drug-likeness (QED) is 0.141. The summed E-state index contributed by atoms with van der Waals surface area (Å²) in [6.07, 6.45) is 10.4. The van der Waals surface area contributed by atoms with Crippen LogP contribution in [0, 0.1) is 93.4 Å². The molecule has 0 saturated carbocycles. The first-order valence-electron chi connectivity index (χ1n) is 14.5. The third-order valence-electron chi connectivity index (χ3n) is 5.99. The summed E-state index contributed by atoms with van der Waals surface area (Å²) in [5.74, 6) is 42.3. The van der Waals surface area contributed by atoms with Crippen molar-refractivity contribution in [2.75, 3.05) is 0 Å². The van der Waals surface area contributed by atoms with Gasteiger partial charge in [0.25, 0.3) is 0 Å². The summed E-state index contributed by atoms with van der Waals surface area (Å²) in [7, 11) is 0. The van der Waals surface area contributed by atoms with E-state index in [1.807, 2.05) is 97.1 Å². The molecule has 0 unspecified atom stereocenters. The normalized spacial score (nSPS) is 9.12. The highest BCUT2D eigenvalue weighted by molar-refractivity contribution is 7.85. The molecular weight excluding hydrogens is 617 g/mol. The van der Waals surface area contributed by atoms with Crippen molar-refractivity contribution in [3.8, 4) is 93.4 Å². The highest BCUT2D eigenvalue weighted by Gasteiger charge is 1.90. The summed E-state index contributed by atoms with van der Waals surface area (Å²) in [6, 6.07) is 30.9. The molecule has 0 aliphatic heterocycles. The molecule has 0 nitrogen and oxygen atoms in total. The first-order chi connectivity index (χ1) is 23.7. The minimum atomic E-state index is 0.898. The monoisotopic (exact) mass is 640 g/mol. The van der Waals surface area contributed by atoms with Crippen molar-refractivity contribution in [3.05, 3.63) is 178 Å². The maximum absolute atomic E-state index is 3.90. The van der Waals surface area contributed by atoms with Crippen molar-refractivity contribution in [3.63, 3.8) is 0 Å². The summed E-state index contributed by atoms with van der Waals surface area (Å²) in [6.45, 7) is 0. The van der Waals surface area contributed by atoms with Gasteiger partial charge in [0.1, 0.15) is 0 Å². The van der Waals surface area contributed by atoms with Crippen LogP contribution in [-0.2, 0) is 0 Å². The van der Waals surface area contributed by atoms with Crippen LogP contribution in [0.1, 0.15) is 44.5 Å². The fraction of sp³-hybridized carbons (Fsp3) is 0. The van der Waals surface area contributed by atoms with Crippen molar-refractivity contribution in [1.82, 2.24) is 0 Å². The van der Waals surface area contributed by atoms with Crippen molar-refractivity contribution in [2.24, 2.45) is 0 Å². The molecule has 0 radical (unpaired) electrons. The second-order valence-electron chi connectivity index (χ2n) is 9.40. The van der Waals surface area contributed by atoms with Gasteiger partial charge in [-0.25, -0.2) is 0 Å². The van der Waals surface area contributed by atoms with Gasteiger partial charge in [0.15, 0.2) is 0 Å². The van der Waals surface area contributed by atoms with Crippen LogP contribution >= 0.6 is 25.3 Å². The highest BCUT2D eigenvalue weighted by atomic mass is 32.1. The minimum absolute atomic E-state index is 0.898. The molecule has 0 fully saturated rings. The van der Waals surface area contributed by atoms with E-state index in [0.717, 1.165) is 44.5 Å². The molecule has 0 atom stereocenters. The van der Waals surface area contributed by atoms with Gasteiger partial charge in [0, 0.05) is 44.5 Å². The second-order valence-corrected chi connectivity index (χ2v) is 9.85. The summed E-state index contributed by atoms with van der Waals surface area (Å²) in [4.78, 5) is 0. The summed E-state index contributed by atoms with van der Waals surface area (Å²) in [5, 5.41) is 5.16. The Morgan fingerprint density at radius 1 is 0.250 bits per heavy atom. The number of benzene rings is 4. The molecule has 220 valence electrons. The number of allylic oxidation sites excluding steroid dienone is 6. The lowest BCUT2D eigenvalue weighted by Gasteiger charge is -1.91. The Labute approximate surface area is 295 Å². The van der Waals surface area contributed by atoms with Gasteiger partial charge >= 0.3 is 0 Å². The Balaban J connectivity index is 1.20. The molecule has 0 aromatic heterocycles. The van der Waals surface area contributed by atoms with E-state index in [1.165, 1.54) is 0 Å². The van der Waals surface area contributed by atoms with Crippen LogP contribution in [0.3, 0.4) is 0 Å². The van der Waals surface area contributed by atoms with Crippen LogP contribution in [0.15, 0.2) is 134 Å². The zero-order valence-corrected chi connectivity index (χ0v) is 27.4. The summed E-state index contributed by atoms with van der Waals surface area (Å²) in [5.41, 5.74) is 7.24. The van der Waals surface area contributed by atoms with Crippen molar-refractivity contribution >= 4 is 25.3 Å². The predicted molar refractivity (Wildman–Crippen MR) is 206 cm³/mol. The van der Waals surface area contributed by atoms with E-state index in [2.05, 4.69) is 119 Å². The van der Waals surface area contributed by atoms with Crippen LogP contribution in [-0.4, -0.2) is 0 Å². The van der Waals surface area contributed by atoms with Gasteiger partial charge in [0.2, 0.25) is 0 Å². The van der Waals surface area contributed by atoms with Gasteiger partial charge in [-0.15, -0.1) is 0 Å². The van der Waals surface area contributed by atoms with E-state index in [-0.39, 0.29) is 0 Å². The van der Waals surface area contributed by atoms with E-state index in [0.29, 0.717) is 0 Å². The summed E-state index contributed by atoms with van der Waals surface area (Å²) < 4.78 is 0. The Morgan fingerprint density at radius 3 is 0.542 bits per heavy atom. The Morgan fingerprint density at radius 2 is 0.396 bits per heavy atom. The molecule has 4 aromatic carbocycles. The van der Waals surface area contributed by atoms with Gasteiger partial charge in [-0.05, 0) is 144 Å². The number of rotatable bonds is 0. The first-order valence-corrected chi connectivity index (χ1v) is 15.4. The van der Waals surface area contributed by atoms with E-state index >= 15 is 0 Å². The molecule has 0 N–H and O–H groups in total. The van der Waals surface area contributed by atoms with Crippen molar-refractivity contribution in [2.45, 2.75) is 0 Å². The maximum Gasteiger partial charge on any atom is 0.0255 e. The lowest BCUT2D eigenvalue weighted by Crippen LogP contribution is -1.77. The van der Waals surface area contributed by atoms with Crippen molar-refractivity contribution in [1.29, 1.82) is 0 Å². The molecule has 0 spiro atoms. The Bertz CT molecular complexity index is 2170. The smallest absolute Gasteiger partial charge is 0.0255 e. The average molecular weight is 641 g/mol. The molecule has 0 bridgehead atoms. The van der Waals surface area contributed by atoms with Gasteiger partial charge in [-0.3, -0.25) is 0 Å². The van der Waals surface area contributed by atoms with Gasteiger partial charge in [-0.2, -0.15) is 0 Å². The first kappa shape index (κ1) is 34.2. The lowest BCUT2D eigenvalue weighted by atomic mass is 10.1. The molecule has 0 aliphatic carbocycles. The van der Waals surface area contributed by atoms with Crippen LogP contribution in [0.25, 0.3) is 0 Å². The van der Waals surface area contributed by atoms with E-state index in [1.54, 1.807) is 36.5 Å². The summed E-state index contributed by atoms with van der Waals surface area (Å²) >= 11 is 7.80. The van der Waals surface area contributed by atoms with Crippen LogP contribution in [0.2, 0.25) is 0 Å². The Hall–Kier alpha value is -6.72. The number of hydrogen-bond acceptors (Lipinski definition) is 2. The van der Waals surface area contributed by atoms with Gasteiger partial charge in [0.05, 0.1) is 0 Å². The molecule has 0 heterocycles. The zero-order valence-electron chi connectivity index (χ0n) is 25.6. The molecule has 2 heteroatoms. The lowest BCUT2D eigenvalue weighted by molar-refractivity contribution is 1.60. The third-order valence-corrected chi connectivity index (χ3v) is 6.21. The molecule has 0 aliphatic rings. The standard InChI is InChI=1S/C46H24S2/c47-37-35-45-31-27-43(28-32-45)17-11-5-3-9-15-41-23-19-39(20-24-41)13-7-1-2-8-14-40-21-25-42(26-22-40)16-10-4-6-12-18-44-29-33-46(34-30-44)36-38-48/h1-6,19-34,47-48H/b2-1+,5-3+,6-4+. The topological polar surface area (TPSA) is 0 Å². The number of thiol groups is 2. The van der Waals surface area contributed by atoms with Gasteiger partial charge < -0.3 is 0 Å². The SMILES string of the molecule is SC#Cc1ccc(C#C/C=C/C#Cc2ccc(C#C/C=C/C#Cc3ccc(C#C/C=C/C#Cc4ccc(C#CS)cc4)cc3)cc2)cc1. The van der Waals surface area contributed by atoms with E-state index in [4.69, 9.17) is 0 Å². The maximum atomic E-state index is 3.90. The fourth-order valence-electron chi connectivity index (χ4n) is 3.68. The second kappa shape index (κ2) is 20.3. The average Bonchev–Trinajstić information content (AvgIpc) is 3.12. The van der Waals surface area contributed by atoms with Crippen LogP contribution in [0.4, 0.5) is 0 Å². The van der Waals surface area contributed by atoms with E-state index in [9.17, 15) is 0 Å². The fourth-order valence-corrected chi connectivity index (χ4v) is 3.93. The molecule has 48 heavy (non-hydrogen) atoms. The molecular formula is C46H24S2. The Kier molecular flexibility index (Phi) is 14.5. The molecule has 4 rings (SSSR count). The van der Waals surface area contributed by atoms with Gasteiger partial charge in [-0.1, -0.05) is 108 Å². The molecule has 4 aromatic rings. The van der Waals surface area contributed by atoms with Crippen molar-refractivity contribution < 1.29 is 0 Å². The highest BCUT2D eigenvalue weighted by Crippen LogP contribution is 2.05. The minimum Gasteiger partial charge on any atom is -0.0918 e. The van der Waals surface area contributed by atoms with Crippen LogP contribution < -0.4 is 0 Å². The zero-order chi connectivity index (χ0) is 33.5. The van der Waals surface area contributed by atoms with E-state index < -0.39 is 0 Å². The third kappa shape index (κ3) is 13.1. The number of hydrogen-bond donors (Lipinski definition) is 2. The van der Waals surface area contributed by atoms with Crippen LogP contribution in [0.5, 0.6) is 0 Å². The molecule has 0 saturated heterocycles. The molecule has 0 amide bonds. The largest absolute Gasteiger partial charge is 0.0918 e.